The van der Waals surface area contributed by atoms with Gasteiger partial charge in [0.1, 0.15) is 0 Å². The van der Waals surface area contributed by atoms with Crippen LogP contribution in [0.1, 0.15) is 0 Å². The van der Waals surface area contributed by atoms with Gasteiger partial charge in [0.15, 0.2) is 0 Å². The predicted molar refractivity (Wildman–Crippen MR) is 38.0 cm³/mol. The minimum atomic E-state index is 0.744. The van der Waals surface area contributed by atoms with Crippen LogP contribution in [0.2, 0.25) is 5.02 Å². The van der Waals surface area contributed by atoms with E-state index in [4.69, 9.17) is 11.6 Å². The molecule has 0 amide bonds. The molecule has 2 nitrogen and oxygen atoms in total. The number of benzene rings is 1. The van der Waals surface area contributed by atoms with Crippen molar-refractivity contribution < 1.29 is 5.84 Å². The molecule has 4 N–H and O–H groups in total. The summed E-state index contributed by atoms with van der Waals surface area (Å²) >= 11 is 5.62. The van der Waals surface area contributed by atoms with Gasteiger partial charge >= 0.3 is 0 Å². The van der Waals surface area contributed by atoms with Gasteiger partial charge in [-0.15, -0.1) is 0 Å². The summed E-state index contributed by atoms with van der Waals surface area (Å²) in [7, 11) is 0. The van der Waals surface area contributed by atoms with Gasteiger partial charge in [-0.1, -0.05) is 11.6 Å². The zero-order chi connectivity index (χ0) is 6.69. The maximum Gasteiger partial charge on any atom is 0.0848 e. The molecule has 0 spiro atoms. The van der Waals surface area contributed by atoms with Gasteiger partial charge in [-0.25, -0.2) is 5.43 Å². The van der Waals surface area contributed by atoms with Crippen LogP contribution >= 0.6 is 11.6 Å². The standard InChI is InChI=1S/C6H7ClN2/c7-5-1-3-6(9-8)4-2-5/h1-4,9H,8H2/p+1. The number of rotatable bonds is 1. The van der Waals surface area contributed by atoms with Crippen LogP contribution in [0.15, 0.2) is 24.3 Å². The van der Waals surface area contributed by atoms with Crippen LogP contribution in [-0.4, -0.2) is 0 Å². The van der Waals surface area contributed by atoms with Gasteiger partial charge in [0.2, 0.25) is 0 Å². The highest BCUT2D eigenvalue weighted by atomic mass is 35.5. The van der Waals surface area contributed by atoms with Crippen LogP contribution in [0.25, 0.3) is 0 Å². The summed E-state index contributed by atoms with van der Waals surface area (Å²) in [5.74, 6) is 3.49. The summed E-state index contributed by atoms with van der Waals surface area (Å²) in [5, 5.41) is 0.744. The summed E-state index contributed by atoms with van der Waals surface area (Å²) < 4.78 is 0. The Labute approximate surface area is 58.6 Å². The van der Waals surface area contributed by atoms with Crippen molar-refractivity contribution in [1.82, 2.24) is 0 Å². The number of nitrogens with one attached hydrogen (secondary N) is 1. The molecule has 0 heterocycles. The molecule has 0 radical (unpaired) electrons. The van der Waals surface area contributed by atoms with Gasteiger partial charge in [-0.2, -0.15) is 0 Å². The molecule has 0 saturated carbocycles. The smallest absolute Gasteiger partial charge is 0.0848 e. The Morgan fingerprint density at radius 2 is 1.78 bits per heavy atom. The summed E-state index contributed by atoms with van der Waals surface area (Å²) in [4.78, 5) is 0. The average Bonchev–Trinajstić information content (AvgIpc) is 1.90. The summed E-state index contributed by atoms with van der Waals surface area (Å²) in [6, 6.07) is 7.37. The van der Waals surface area contributed by atoms with Crippen molar-refractivity contribution in [2.24, 2.45) is 0 Å². The number of hydrogen-bond acceptors (Lipinski definition) is 1. The van der Waals surface area contributed by atoms with Crippen LogP contribution in [-0.2, 0) is 0 Å². The molecule has 0 bridgehead atoms. The maximum absolute atomic E-state index is 5.62. The van der Waals surface area contributed by atoms with Crippen molar-refractivity contribution >= 4 is 17.3 Å². The monoisotopic (exact) mass is 143 g/mol. The van der Waals surface area contributed by atoms with Gasteiger partial charge in [-0.3, -0.25) is 5.84 Å². The van der Waals surface area contributed by atoms with E-state index < -0.39 is 0 Å². The van der Waals surface area contributed by atoms with Crippen LogP contribution in [0, 0.1) is 0 Å². The van der Waals surface area contributed by atoms with E-state index in [0.717, 1.165) is 10.7 Å². The zero-order valence-corrected chi connectivity index (χ0v) is 5.65. The van der Waals surface area contributed by atoms with E-state index in [1.807, 2.05) is 24.3 Å². The first-order valence-electron chi connectivity index (χ1n) is 2.61. The van der Waals surface area contributed by atoms with E-state index >= 15 is 0 Å². The first kappa shape index (κ1) is 6.39. The molecular weight excluding hydrogens is 136 g/mol. The quantitative estimate of drug-likeness (QED) is 0.564. The van der Waals surface area contributed by atoms with Crippen molar-refractivity contribution in [2.45, 2.75) is 0 Å². The zero-order valence-electron chi connectivity index (χ0n) is 4.89. The van der Waals surface area contributed by atoms with E-state index in [0.29, 0.717) is 0 Å². The topological polar surface area (TPSA) is 39.7 Å². The number of hydrogen-bond donors (Lipinski definition) is 2. The van der Waals surface area contributed by atoms with E-state index in [-0.39, 0.29) is 0 Å². The van der Waals surface area contributed by atoms with Crippen molar-refractivity contribution in [3.8, 4) is 0 Å². The number of anilines is 1. The van der Waals surface area contributed by atoms with Crippen LogP contribution < -0.4 is 11.3 Å². The Hall–Kier alpha value is -0.730. The third kappa shape index (κ3) is 1.59. The van der Waals surface area contributed by atoms with Crippen molar-refractivity contribution in [3.05, 3.63) is 29.3 Å². The second-order valence-corrected chi connectivity index (χ2v) is 2.12. The largest absolute Gasteiger partial charge is 0.258 e. The first-order chi connectivity index (χ1) is 4.33. The molecule has 1 rings (SSSR count). The number of quaternary nitrogens is 1. The SMILES string of the molecule is [NH3+]Nc1ccc(Cl)cc1. The van der Waals surface area contributed by atoms with Gasteiger partial charge in [0.25, 0.3) is 0 Å². The molecule has 0 saturated heterocycles. The molecule has 1 aromatic rings. The fourth-order valence-corrected chi connectivity index (χ4v) is 0.694. The minimum Gasteiger partial charge on any atom is -0.258 e. The van der Waals surface area contributed by atoms with Gasteiger partial charge in [0.05, 0.1) is 5.69 Å². The molecular formula is C6H8ClN2+. The molecule has 0 aliphatic carbocycles. The lowest BCUT2D eigenvalue weighted by Gasteiger charge is -1.93. The highest BCUT2D eigenvalue weighted by Gasteiger charge is 1.87. The van der Waals surface area contributed by atoms with E-state index in [1.165, 1.54) is 0 Å². The molecule has 0 fully saturated rings. The fourth-order valence-electron chi connectivity index (χ4n) is 0.568. The van der Waals surface area contributed by atoms with Crippen molar-refractivity contribution in [1.29, 1.82) is 0 Å². The molecule has 0 unspecified atom stereocenters. The van der Waals surface area contributed by atoms with Gasteiger partial charge in [-0.05, 0) is 24.3 Å². The van der Waals surface area contributed by atoms with Gasteiger partial charge in [0, 0.05) is 5.02 Å². The molecule has 1 aromatic carbocycles. The third-order valence-electron chi connectivity index (χ3n) is 1.05. The lowest BCUT2D eigenvalue weighted by molar-refractivity contribution is -0.325. The Kier molecular flexibility index (Phi) is 1.92. The van der Waals surface area contributed by atoms with E-state index in [2.05, 4.69) is 11.3 Å². The van der Waals surface area contributed by atoms with Crippen molar-refractivity contribution in [2.75, 3.05) is 5.43 Å². The highest BCUT2D eigenvalue weighted by Crippen LogP contribution is 2.11. The second-order valence-electron chi connectivity index (χ2n) is 1.68. The van der Waals surface area contributed by atoms with Crippen LogP contribution in [0.5, 0.6) is 0 Å². The molecule has 0 aliphatic heterocycles. The molecule has 9 heavy (non-hydrogen) atoms. The summed E-state index contributed by atoms with van der Waals surface area (Å²) in [5.41, 5.74) is 3.72. The first-order valence-corrected chi connectivity index (χ1v) is 2.99. The summed E-state index contributed by atoms with van der Waals surface area (Å²) in [6.07, 6.45) is 0. The summed E-state index contributed by atoms with van der Waals surface area (Å²) in [6.45, 7) is 0. The Morgan fingerprint density at radius 1 is 1.22 bits per heavy atom. The van der Waals surface area contributed by atoms with Crippen LogP contribution in [0.3, 0.4) is 0 Å². The average molecular weight is 144 g/mol. The lowest BCUT2D eigenvalue weighted by Crippen LogP contribution is -2.56. The molecule has 48 valence electrons. The molecule has 0 atom stereocenters. The normalized spacial score (nSPS) is 9.11. The third-order valence-corrected chi connectivity index (χ3v) is 1.30. The van der Waals surface area contributed by atoms with Crippen molar-refractivity contribution in [3.63, 3.8) is 0 Å². The van der Waals surface area contributed by atoms with E-state index in [1.54, 1.807) is 0 Å². The highest BCUT2D eigenvalue weighted by molar-refractivity contribution is 6.30. The Morgan fingerprint density at radius 3 is 2.22 bits per heavy atom. The molecule has 0 aliphatic rings. The lowest BCUT2D eigenvalue weighted by atomic mass is 10.3. The predicted octanol–water partition coefficient (Wildman–Crippen LogP) is 0.909. The van der Waals surface area contributed by atoms with Crippen LogP contribution in [0.4, 0.5) is 5.69 Å². The second kappa shape index (κ2) is 2.71. The minimum absolute atomic E-state index is 0.744. The Bertz CT molecular complexity index is 183. The molecule has 3 heteroatoms. The van der Waals surface area contributed by atoms with Gasteiger partial charge < -0.3 is 0 Å². The van der Waals surface area contributed by atoms with E-state index in [9.17, 15) is 0 Å². The fraction of sp³-hybridized carbons (Fsp3) is 0. The Balaban J connectivity index is 2.88. The maximum atomic E-state index is 5.62. The number of halogens is 1. The molecule has 0 aromatic heterocycles.